The van der Waals surface area contributed by atoms with Crippen molar-refractivity contribution in [2.24, 2.45) is 28.6 Å². The second-order valence-corrected chi connectivity index (χ2v) is 14.2. The Balaban J connectivity index is 1.41. The van der Waals surface area contributed by atoms with E-state index in [2.05, 4.69) is 40.7 Å². The smallest absolute Gasteiger partial charge is 0.446 e. The summed E-state index contributed by atoms with van der Waals surface area (Å²) in [6.45, 7) is 13.4. The van der Waals surface area contributed by atoms with Crippen LogP contribution in [0.4, 0.5) is 0 Å². The van der Waals surface area contributed by atoms with Gasteiger partial charge in [-0.3, -0.25) is 4.55 Å². The average molecular weight is 547 g/mol. The lowest BCUT2D eigenvalue weighted by molar-refractivity contribution is -0.0543. The van der Waals surface area contributed by atoms with Crippen LogP contribution < -0.4 is 4.74 Å². The first-order valence-electron chi connectivity index (χ1n) is 14.2. The summed E-state index contributed by atoms with van der Waals surface area (Å²) in [6.07, 6.45) is 11.2. The molecule has 1 fully saturated rings. The molecule has 0 saturated heterocycles. The highest BCUT2D eigenvalue weighted by atomic mass is 32.3. The van der Waals surface area contributed by atoms with Crippen LogP contribution in [0.1, 0.15) is 98.5 Å². The van der Waals surface area contributed by atoms with Gasteiger partial charge in [0.1, 0.15) is 5.75 Å². The van der Waals surface area contributed by atoms with Gasteiger partial charge in [-0.15, -0.1) is 0 Å². The summed E-state index contributed by atoms with van der Waals surface area (Å²) < 4.78 is 43.6. The Bertz CT molecular complexity index is 1180. The van der Waals surface area contributed by atoms with Gasteiger partial charge in [0.15, 0.2) is 11.4 Å². The molecule has 2 N–H and O–H groups in total. The zero-order chi connectivity index (χ0) is 27.9. The Labute approximate surface area is 229 Å². The summed E-state index contributed by atoms with van der Waals surface area (Å²) >= 11 is 0. The Hall–Kier alpha value is -1.83. The van der Waals surface area contributed by atoms with Crippen molar-refractivity contribution in [1.29, 1.82) is 0 Å². The van der Waals surface area contributed by atoms with Crippen molar-refractivity contribution in [2.75, 3.05) is 0 Å². The van der Waals surface area contributed by atoms with E-state index in [4.69, 9.17) is 8.92 Å². The van der Waals surface area contributed by atoms with E-state index in [0.29, 0.717) is 41.4 Å². The number of aliphatic hydroxyl groups is 1. The molecule has 2 aliphatic carbocycles. The molecule has 0 radical (unpaired) electrons. The Kier molecular flexibility index (Phi) is 8.15. The number of fused-ring (bicyclic) bond motifs is 2. The third-order valence-electron chi connectivity index (χ3n) is 10.0. The highest BCUT2D eigenvalue weighted by Gasteiger charge is 2.52. The van der Waals surface area contributed by atoms with Gasteiger partial charge in [0.25, 0.3) is 0 Å². The van der Waals surface area contributed by atoms with Crippen LogP contribution in [0.3, 0.4) is 0 Å². The van der Waals surface area contributed by atoms with Crippen molar-refractivity contribution >= 4 is 16.5 Å². The topological polar surface area (TPSA) is 93.1 Å². The molecule has 1 aliphatic heterocycles. The number of para-hydroxylation sites is 1. The summed E-state index contributed by atoms with van der Waals surface area (Å²) in [4.78, 5) is 0. The lowest BCUT2D eigenvalue weighted by atomic mass is 9.48. The normalized spacial score (nSPS) is 32.1. The second kappa shape index (κ2) is 10.6. The highest BCUT2D eigenvalue weighted by Crippen LogP contribution is 2.60. The Morgan fingerprint density at radius 1 is 1.16 bits per heavy atom. The van der Waals surface area contributed by atoms with E-state index in [0.717, 1.165) is 19.3 Å². The summed E-state index contributed by atoms with van der Waals surface area (Å²) in [6, 6.07) is 7.33. The summed E-state index contributed by atoms with van der Waals surface area (Å²) in [7, 11) is -4.69. The first-order chi connectivity index (χ1) is 17.6. The van der Waals surface area contributed by atoms with Crippen LogP contribution in [0, 0.1) is 28.6 Å². The molecule has 4 rings (SSSR count). The van der Waals surface area contributed by atoms with E-state index in [1.54, 1.807) is 19.1 Å². The number of hydrogen-bond donors (Lipinski definition) is 2. The molecule has 6 unspecified atom stereocenters. The molecule has 1 heterocycles. The van der Waals surface area contributed by atoms with Crippen LogP contribution in [-0.2, 0) is 14.6 Å². The molecule has 0 spiro atoms. The quantitative estimate of drug-likeness (QED) is 0.248. The molecule has 6 atom stereocenters. The van der Waals surface area contributed by atoms with Gasteiger partial charge in [-0.1, -0.05) is 64.0 Å². The van der Waals surface area contributed by atoms with Gasteiger partial charge in [-0.2, -0.15) is 8.42 Å². The first-order valence-corrected chi connectivity index (χ1v) is 15.5. The molecule has 0 aromatic heterocycles. The monoisotopic (exact) mass is 546 g/mol. The van der Waals surface area contributed by atoms with Crippen LogP contribution in [0.15, 0.2) is 41.7 Å². The van der Waals surface area contributed by atoms with Crippen LogP contribution in [-0.4, -0.2) is 29.8 Å². The van der Waals surface area contributed by atoms with E-state index in [1.807, 2.05) is 18.2 Å². The van der Waals surface area contributed by atoms with Crippen LogP contribution >= 0.6 is 0 Å². The van der Waals surface area contributed by atoms with E-state index in [-0.39, 0.29) is 17.1 Å². The number of aliphatic hydroxyl groups excluding tert-OH is 1. The zero-order valence-corrected chi connectivity index (χ0v) is 24.7. The summed E-state index contributed by atoms with van der Waals surface area (Å²) in [5.74, 6) is 1.81. The number of ether oxygens (including phenoxy) is 1. The van der Waals surface area contributed by atoms with Gasteiger partial charge in [0.05, 0.1) is 6.10 Å². The molecule has 1 aromatic carbocycles. The van der Waals surface area contributed by atoms with E-state index < -0.39 is 22.1 Å². The lowest BCUT2D eigenvalue weighted by Gasteiger charge is -2.57. The van der Waals surface area contributed by atoms with Crippen molar-refractivity contribution in [3.8, 4) is 5.75 Å². The van der Waals surface area contributed by atoms with Gasteiger partial charge in [-0.05, 0) is 99.5 Å². The molecule has 3 aliphatic rings. The minimum absolute atomic E-state index is 0.0637. The molecule has 0 amide bonds. The molecule has 6 nitrogen and oxygen atoms in total. The molecule has 7 heteroatoms. The molecular weight excluding hydrogens is 500 g/mol. The van der Waals surface area contributed by atoms with Crippen molar-refractivity contribution in [3.63, 3.8) is 0 Å². The highest BCUT2D eigenvalue weighted by molar-refractivity contribution is 7.81. The van der Waals surface area contributed by atoms with Crippen LogP contribution in [0.2, 0.25) is 0 Å². The predicted octanol–water partition coefficient (Wildman–Crippen LogP) is 7.35. The molecule has 212 valence electrons. The van der Waals surface area contributed by atoms with Gasteiger partial charge in [0, 0.05) is 5.56 Å². The van der Waals surface area contributed by atoms with Crippen LogP contribution in [0.5, 0.6) is 5.75 Å². The second-order valence-electron chi connectivity index (χ2n) is 13.2. The first kappa shape index (κ1) is 29.2. The fraction of sp³-hybridized carbons (Fsp3) is 0.677. The molecule has 0 bridgehead atoms. The number of rotatable bonds is 9. The maximum absolute atomic E-state index is 11.6. The molecule has 38 heavy (non-hydrogen) atoms. The SMILES string of the molecule is CC1=CCC2C(C)(C)CCCC2(C)C1CC(O)C(C)CCCC1(C)Oc2ccccc2C=C1OS(=O)(=O)O. The molecular formula is C31H46O6S. The molecule has 1 aromatic rings. The van der Waals surface area contributed by atoms with E-state index in [9.17, 15) is 18.1 Å². The zero-order valence-electron chi connectivity index (χ0n) is 23.9. The third-order valence-corrected chi connectivity index (χ3v) is 10.4. The number of allylic oxidation sites excluding steroid dienone is 2. The largest absolute Gasteiger partial charge is 0.479 e. The predicted molar refractivity (Wildman–Crippen MR) is 151 cm³/mol. The van der Waals surface area contributed by atoms with Crippen molar-refractivity contribution in [1.82, 2.24) is 0 Å². The van der Waals surface area contributed by atoms with E-state index in [1.165, 1.54) is 24.8 Å². The standard InChI is InChI=1S/C31H46O6S/c1-21-14-15-27-29(3,4)16-10-17-30(27,5)24(21)20-25(32)22(2)11-9-18-31(6)28(37-38(33,34)35)19-23-12-7-8-13-26(23)36-31/h7-8,12-14,19,22,24-25,27,32H,9-11,15-18,20H2,1-6H3,(H,33,34,35). The van der Waals surface area contributed by atoms with Gasteiger partial charge < -0.3 is 14.0 Å². The number of hydrogen-bond acceptors (Lipinski definition) is 5. The minimum Gasteiger partial charge on any atom is -0.479 e. The fourth-order valence-electron chi connectivity index (χ4n) is 7.70. The minimum atomic E-state index is -4.69. The van der Waals surface area contributed by atoms with Gasteiger partial charge >= 0.3 is 10.4 Å². The lowest BCUT2D eigenvalue weighted by Crippen LogP contribution is -2.49. The Morgan fingerprint density at radius 3 is 2.58 bits per heavy atom. The van der Waals surface area contributed by atoms with Crippen molar-refractivity contribution in [2.45, 2.75) is 105 Å². The maximum atomic E-state index is 11.6. The van der Waals surface area contributed by atoms with Crippen molar-refractivity contribution in [3.05, 3.63) is 47.2 Å². The summed E-state index contributed by atoms with van der Waals surface area (Å²) in [5, 5.41) is 11.4. The van der Waals surface area contributed by atoms with Gasteiger partial charge in [0.2, 0.25) is 0 Å². The average Bonchev–Trinajstić information content (AvgIpc) is 2.80. The van der Waals surface area contributed by atoms with Crippen molar-refractivity contribution < 1.29 is 27.0 Å². The number of benzene rings is 1. The third kappa shape index (κ3) is 6.00. The summed E-state index contributed by atoms with van der Waals surface area (Å²) in [5.41, 5.74) is 1.60. The van der Waals surface area contributed by atoms with Crippen LogP contribution in [0.25, 0.3) is 6.08 Å². The fourth-order valence-corrected chi connectivity index (χ4v) is 8.15. The van der Waals surface area contributed by atoms with Gasteiger partial charge in [-0.25, -0.2) is 0 Å². The maximum Gasteiger partial charge on any atom is 0.446 e. The molecule has 1 saturated carbocycles. The van der Waals surface area contributed by atoms with E-state index >= 15 is 0 Å². The Morgan fingerprint density at radius 2 is 1.87 bits per heavy atom.